The molecule has 1 fully saturated rings. The summed E-state index contributed by atoms with van der Waals surface area (Å²) in [6.45, 7) is 6.22. The summed E-state index contributed by atoms with van der Waals surface area (Å²) in [5.74, 6) is -0.00289. The highest BCUT2D eigenvalue weighted by atomic mass is 32.1. The van der Waals surface area contributed by atoms with E-state index in [0.717, 1.165) is 27.5 Å². The van der Waals surface area contributed by atoms with Crippen LogP contribution in [0.5, 0.6) is 0 Å². The molecule has 8 heteroatoms. The number of hydrogen-bond donors (Lipinski definition) is 0. The van der Waals surface area contributed by atoms with Crippen molar-refractivity contribution >= 4 is 28.8 Å². The van der Waals surface area contributed by atoms with E-state index in [1.165, 1.54) is 11.3 Å². The van der Waals surface area contributed by atoms with Crippen LogP contribution >= 0.6 is 11.3 Å². The molecule has 0 bridgehead atoms. The molecule has 140 valence electrons. The summed E-state index contributed by atoms with van der Waals surface area (Å²) < 4.78 is 1.68. The summed E-state index contributed by atoms with van der Waals surface area (Å²) in [5, 5.41) is 4.23. The van der Waals surface area contributed by atoms with E-state index in [1.807, 2.05) is 41.8 Å². The van der Waals surface area contributed by atoms with Gasteiger partial charge in [-0.2, -0.15) is 5.10 Å². The van der Waals surface area contributed by atoms with Gasteiger partial charge in [0.25, 0.3) is 11.8 Å². The number of aromatic nitrogens is 3. The fourth-order valence-corrected chi connectivity index (χ4v) is 4.24. The van der Waals surface area contributed by atoms with Crippen LogP contribution in [0.25, 0.3) is 5.65 Å². The van der Waals surface area contributed by atoms with Gasteiger partial charge in [0.1, 0.15) is 0 Å². The number of amides is 2. The highest BCUT2D eigenvalue weighted by Crippen LogP contribution is 2.19. The zero-order valence-corrected chi connectivity index (χ0v) is 16.2. The van der Waals surface area contributed by atoms with Gasteiger partial charge in [-0.25, -0.2) is 9.50 Å². The largest absolute Gasteiger partial charge is 0.337 e. The molecule has 3 aromatic rings. The molecule has 4 heterocycles. The number of carbonyl (C=O) groups excluding carboxylic acids is 2. The summed E-state index contributed by atoms with van der Waals surface area (Å²) in [5.41, 5.74) is 2.06. The van der Waals surface area contributed by atoms with Gasteiger partial charge < -0.3 is 9.80 Å². The SMILES string of the molecule is Cc1ccc(C(=O)N2CCCN(C(=O)c3cnc4ccnn4c3C)CC2)s1. The van der Waals surface area contributed by atoms with E-state index < -0.39 is 0 Å². The quantitative estimate of drug-likeness (QED) is 0.681. The first-order valence-electron chi connectivity index (χ1n) is 8.99. The lowest BCUT2D eigenvalue weighted by Gasteiger charge is -2.22. The number of rotatable bonds is 2. The average molecular weight is 383 g/mol. The van der Waals surface area contributed by atoms with Gasteiger partial charge in [0, 0.05) is 43.3 Å². The highest BCUT2D eigenvalue weighted by molar-refractivity contribution is 7.13. The van der Waals surface area contributed by atoms with Crippen LogP contribution in [0, 0.1) is 13.8 Å². The molecule has 1 saturated heterocycles. The molecule has 1 aliphatic heterocycles. The standard InChI is InChI=1S/C19H21N5O2S/c1-13-4-5-16(27-13)19(26)23-9-3-8-22(10-11-23)18(25)15-12-20-17-6-7-21-24(17)14(15)2/h4-7,12H,3,8-11H2,1-2H3. The minimum Gasteiger partial charge on any atom is -0.337 e. The maximum atomic E-state index is 13.0. The van der Waals surface area contributed by atoms with Gasteiger partial charge in [-0.05, 0) is 32.4 Å². The molecule has 0 N–H and O–H groups in total. The number of aryl methyl sites for hydroxylation is 2. The molecular formula is C19H21N5O2S. The van der Waals surface area contributed by atoms with Gasteiger partial charge in [0.05, 0.1) is 22.3 Å². The molecule has 0 spiro atoms. The molecule has 27 heavy (non-hydrogen) atoms. The van der Waals surface area contributed by atoms with Gasteiger partial charge in [-0.15, -0.1) is 11.3 Å². The lowest BCUT2D eigenvalue weighted by molar-refractivity contribution is 0.0720. The van der Waals surface area contributed by atoms with Gasteiger partial charge >= 0.3 is 0 Å². The van der Waals surface area contributed by atoms with Crippen LogP contribution in [0.4, 0.5) is 0 Å². The summed E-state index contributed by atoms with van der Waals surface area (Å²) >= 11 is 1.51. The Balaban J connectivity index is 1.49. The van der Waals surface area contributed by atoms with Gasteiger partial charge in [-0.1, -0.05) is 0 Å². The second-order valence-electron chi connectivity index (χ2n) is 6.71. The van der Waals surface area contributed by atoms with Crippen LogP contribution in [0.1, 0.15) is 37.0 Å². The van der Waals surface area contributed by atoms with Gasteiger partial charge in [0.2, 0.25) is 0 Å². The first-order chi connectivity index (χ1) is 13.0. The second kappa shape index (κ2) is 7.11. The van der Waals surface area contributed by atoms with Crippen molar-refractivity contribution in [3.63, 3.8) is 0 Å². The summed E-state index contributed by atoms with van der Waals surface area (Å²) in [7, 11) is 0. The Kier molecular flexibility index (Phi) is 4.65. The molecule has 3 aromatic heterocycles. The van der Waals surface area contributed by atoms with E-state index >= 15 is 0 Å². The summed E-state index contributed by atoms with van der Waals surface area (Å²) in [6.07, 6.45) is 4.06. The Morgan fingerprint density at radius 1 is 1.00 bits per heavy atom. The number of thiophene rings is 1. The minimum atomic E-state index is -0.0568. The molecule has 2 amide bonds. The van der Waals surface area contributed by atoms with Gasteiger partial charge in [-0.3, -0.25) is 9.59 Å². The van der Waals surface area contributed by atoms with Crippen molar-refractivity contribution in [3.05, 3.63) is 51.6 Å². The normalized spacial score (nSPS) is 15.2. The monoisotopic (exact) mass is 383 g/mol. The first kappa shape index (κ1) is 17.7. The van der Waals surface area contributed by atoms with Crippen LogP contribution in [0.2, 0.25) is 0 Å². The average Bonchev–Trinajstić information content (AvgIpc) is 3.24. The lowest BCUT2D eigenvalue weighted by Crippen LogP contribution is -2.37. The zero-order chi connectivity index (χ0) is 19.0. The molecule has 0 aromatic carbocycles. The van der Waals surface area contributed by atoms with Crippen molar-refractivity contribution in [2.75, 3.05) is 26.2 Å². The molecular weight excluding hydrogens is 362 g/mol. The van der Waals surface area contributed by atoms with Crippen molar-refractivity contribution in [3.8, 4) is 0 Å². The van der Waals surface area contributed by atoms with Crippen molar-refractivity contribution < 1.29 is 9.59 Å². The van der Waals surface area contributed by atoms with Crippen molar-refractivity contribution in [1.29, 1.82) is 0 Å². The Morgan fingerprint density at radius 2 is 1.74 bits per heavy atom. The van der Waals surface area contributed by atoms with E-state index in [4.69, 9.17) is 0 Å². The molecule has 0 atom stereocenters. The fourth-order valence-electron chi connectivity index (χ4n) is 3.40. The van der Waals surface area contributed by atoms with Crippen LogP contribution in [0.3, 0.4) is 0 Å². The Bertz CT molecular complexity index is 1010. The number of nitrogens with zero attached hydrogens (tertiary/aromatic N) is 5. The van der Waals surface area contributed by atoms with E-state index in [9.17, 15) is 9.59 Å². The Labute approximate surface area is 161 Å². The number of carbonyl (C=O) groups is 2. The third-order valence-electron chi connectivity index (χ3n) is 4.91. The molecule has 0 aliphatic carbocycles. The van der Waals surface area contributed by atoms with Crippen molar-refractivity contribution in [2.45, 2.75) is 20.3 Å². The third kappa shape index (κ3) is 3.32. The number of fused-ring (bicyclic) bond motifs is 1. The lowest BCUT2D eigenvalue weighted by atomic mass is 10.2. The van der Waals surface area contributed by atoms with E-state index in [0.29, 0.717) is 31.7 Å². The summed E-state index contributed by atoms with van der Waals surface area (Å²) in [4.78, 5) is 35.6. The first-order valence-corrected chi connectivity index (χ1v) is 9.80. The minimum absolute atomic E-state index is 0.0539. The summed E-state index contributed by atoms with van der Waals surface area (Å²) in [6, 6.07) is 5.65. The molecule has 1 aliphatic rings. The van der Waals surface area contributed by atoms with Crippen molar-refractivity contribution in [1.82, 2.24) is 24.4 Å². The predicted octanol–water partition coefficient (Wildman–Crippen LogP) is 2.40. The molecule has 0 radical (unpaired) electrons. The maximum absolute atomic E-state index is 13.0. The topological polar surface area (TPSA) is 70.8 Å². The van der Waals surface area contributed by atoms with E-state index in [1.54, 1.807) is 16.9 Å². The fraction of sp³-hybridized carbons (Fsp3) is 0.368. The van der Waals surface area contributed by atoms with E-state index in [-0.39, 0.29) is 11.8 Å². The van der Waals surface area contributed by atoms with Crippen molar-refractivity contribution in [2.24, 2.45) is 0 Å². The second-order valence-corrected chi connectivity index (χ2v) is 7.99. The van der Waals surface area contributed by atoms with Crippen LogP contribution in [0.15, 0.2) is 30.6 Å². The zero-order valence-electron chi connectivity index (χ0n) is 15.4. The molecule has 7 nitrogen and oxygen atoms in total. The smallest absolute Gasteiger partial charge is 0.263 e. The molecule has 0 unspecified atom stereocenters. The predicted molar refractivity (Wildman–Crippen MR) is 103 cm³/mol. The third-order valence-corrected chi connectivity index (χ3v) is 5.90. The van der Waals surface area contributed by atoms with E-state index in [2.05, 4.69) is 10.1 Å². The van der Waals surface area contributed by atoms with Gasteiger partial charge in [0.15, 0.2) is 5.65 Å². The Hall–Kier alpha value is -2.74. The number of hydrogen-bond acceptors (Lipinski definition) is 5. The Morgan fingerprint density at radius 3 is 2.44 bits per heavy atom. The molecule has 0 saturated carbocycles. The van der Waals surface area contributed by atoms with Crippen LogP contribution < -0.4 is 0 Å². The molecule has 4 rings (SSSR count). The maximum Gasteiger partial charge on any atom is 0.263 e. The highest BCUT2D eigenvalue weighted by Gasteiger charge is 2.25. The van der Waals surface area contributed by atoms with Crippen LogP contribution in [-0.4, -0.2) is 62.4 Å². The van der Waals surface area contributed by atoms with Crippen LogP contribution in [-0.2, 0) is 0 Å².